The average Bonchev–Trinajstić information content (AvgIpc) is 3.08. The van der Waals surface area contributed by atoms with Crippen LogP contribution in [0.2, 0.25) is 25.7 Å². The van der Waals surface area contributed by atoms with Crippen LogP contribution < -0.4 is 5.32 Å². The van der Waals surface area contributed by atoms with Crippen molar-refractivity contribution in [2.24, 2.45) is 0 Å². The number of hydrogen-bond acceptors (Lipinski definition) is 5. The number of nitrogens with one attached hydrogen (secondary N) is 1. The van der Waals surface area contributed by atoms with Crippen LogP contribution in [0.4, 0.5) is 5.95 Å². The van der Waals surface area contributed by atoms with Crippen LogP contribution in [0.3, 0.4) is 0 Å². The van der Waals surface area contributed by atoms with Gasteiger partial charge in [0.2, 0.25) is 5.95 Å². The van der Waals surface area contributed by atoms with Crippen LogP contribution in [0, 0.1) is 0 Å². The van der Waals surface area contributed by atoms with E-state index in [0.29, 0.717) is 12.7 Å². The molecule has 0 amide bonds. The predicted molar refractivity (Wildman–Crippen MR) is 142 cm³/mol. The Morgan fingerprint density at radius 1 is 1.30 bits per heavy atom. The van der Waals surface area contributed by atoms with E-state index in [9.17, 15) is 5.11 Å². The van der Waals surface area contributed by atoms with Crippen molar-refractivity contribution in [3.05, 3.63) is 40.1 Å². The molecule has 1 aromatic carbocycles. The molecule has 6 nitrogen and oxygen atoms in total. The topological polar surface area (TPSA) is 72.2 Å². The van der Waals surface area contributed by atoms with Gasteiger partial charge in [0.1, 0.15) is 6.73 Å². The average molecular weight is 532 g/mol. The normalized spacial score (nSPS) is 15.9. The van der Waals surface area contributed by atoms with Gasteiger partial charge in [0.25, 0.3) is 0 Å². The van der Waals surface area contributed by atoms with Gasteiger partial charge in [0.05, 0.1) is 17.8 Å². The van der Waals surface area contributed by atoms with E-state index in [0.717, 1.165) is 45.9 Å². The Morgan fingerprint density at radius 2 is 2.06 bits per heavy atom. The van der Waals surface area contributed by atoms with Crippen molar-refractivity contribution in [2.75, 3.05) is 18.5 Å². The lowest BCUT2D eigenvalue weighted by Crippen LogP contribution is -2.30. The summed E-state index contributed by atoms with van der Waals surface area (Å²) in [5.41, 5.74) is 5.58. The zero-order valence-corrected chi connectivity index (χ0v) is 23.1. The number of halogens is 1. The van der Waals surface area contributed by atoms with Crippen molar-refractivity contribution in [1.29, 1.82) is 0 Å². The summed E-state index contributed by atoms with van der Waals surface area (Å²) in [5, 5.41) is 13.8. The minimum absolute atomic E-state index is 0.0275. The Morgan fingerprint density at radius 3 is 2.76 bits per heavy atom. The van der Waals surface area contributed by atoms with Crippen LogP contribution in [0.25, 0.3) is 22.2 Å². The molecule has 1 aliphatic rings. The second kappa shape index (κ2) is 9.13. The molecule has 0 fully saturated rings. The predicted octanol–water partition coefficient (Wildman–Crippen LogP) is 5.80. The fourth-order valence-electron chi connectivity index (χ4n) is 4.62. The van der Waals surface area contributed by atoms with Gasteiger partial charge in [0.15, 0.2) is 0 Å². The highest BCUT2D eigenvalue weighted by atomic mass is 79.9. The molecule has 0 aliphatic heterocycles. The van der Waals surface area contributed by atoms with Crippen molar-refractivity contribution in [3.8, 4) is 11.3 Å². The van der Waals surface area contributed by atoms with Crippen LogP contribution >= 0.6 is 15.9 Å². The largest absolute Gasteiger partial charge is 0.394 e. The molecule has 0 saturated heterocycles. The molecule has 3 aromatic rings. The smallest absolute Gasteiger partial charge is 0.223 e. The van der Waals surface area contributed by atoms with Gasteiger partial charge in [-0.15, -0.1) is 0 Å². The number of aromatic nitrogens is 3. The quantitative estimate of drug-likeness (QED) is 0.284. The summed E-state index contributed by atoms with van der Waals surface area (Å²) in [5.74, 6) is 0.545. The first kappa shape index (κ1) is 24.4. The summed E-state index contributed by atoms with van der Waals surface area (Å²) in [6.07, 6.45) is 2.79. The summed E-state index contributed by atoms with van der Waals surface area (Å²) in [7, 11) is -1.16. The molecule has 33 heavy (non-hydrogen) atoms. The maximum Gasteiger partial charge on any atom is 0.223 e. The van der Waals surface area contributed by atoms with Gasteiger partial charge in [0, 0.05) is 53.5 Å². The van der Waals surface area contributed by atoms with Crippen LogP contribution in [-0.2, 0) is 23.3 Å². The van der Waals surface area contributed by atoms with E-state index in [1.165, 1.54) is 11.1 Å². The molecule has 1 aliphatic carbocycles. The van der Waals surface area contributed by atoms with Gasteiger partial charge < -0.3 is 19.7 Å². The number of aliphatic hydroxyl groups excluding tert-OH is 1. The van der Waals surface area contributed by atoms with Crippen LogP contribution in [0.15, 0.2) is 28.9 Å². The molecular weight excluding hydrogens is 496 g/mol. The number of anilines is 1. The standard InChI is InChI=1S/C25H35BrN4O2Si/c1-16(14-31)28-24-27-13-17-12-25(2,3)23-20(21(17)29-24)18-8-7-9-19(26)22(18)30(23)15-32-10-11-33(4,5)6/h7-9,13,16,31H,10-12,14-15H2,1-6H3,(H,27,28,29)/t16-/m0/s1. The monoisotopic (exact) mass is 530 g/mol. The number of fused-ring (bicyclic) bond motifs is 5. The number of nitrogens with zero attached hydrogens (tertiary/aromatic N) is 3. The summed E-state index contributed by atoms with van der Waals surface area (Å²) >= 11 is 3.81. The molecule has 2 aromatic heterocycles. The molecule has 0 radical (unpaired) electrons. The summed E-state index contributed by atoms with van der Waals surface area (Å²) in [6, 6.07) is 7.38. The van der Waals surface area contributed by atoms with Gasteiger partial charge in [-0.25, -0.2) is 9.97 Å². The maximum atomic E-state index is 9.45. The lowest BCUT2D eigenvalue weighted by Gasteiger charge is -2.33. The Kier molecular flexibility index (Phi) is 6.75. The van der Waals surface area contributed by atoms with Gasteiger partial charge in [-0.3, -0.25) is 0 Å². The molecule has 0 spiro atoms. The third-order valence-corrected chi connectivity index (χ3v) is 8.62. The molecule has 2 heterocycles. The zero-order valence-electron chi connectivity index (χ0n) is 20.5. The van der Waals surface area contributed by atoms with E-state index in [1.54, 1.807) is 0 Å². The van der Waals surface area contributed by atoms with E-state index in [4.69, 9.17) is 9.72 Å². The molecular formula is C25H35BrN4O2Si. The molecule has 8 heteroatoms. The van der Waals surface area contributed by atoms with Crippen LogP contribution in [0.1, 0.15) is 32.0 Å². The number of benzene rings is 1. The first-order valence-corrected chi connectivity index (χ1v) is 16.1. The Hall–Kier alpha value is -1.74. The molecule has 178 valence electrons. The lowest BCUT2D eigenvalue weighted by molar-refractivity contribution is 0.0862. The molecule has 4 rings (SSSR count). The highest BCUT2D eigenvalue weighted by Gasteiger charge is 2.38. The number of aliphatic hydroxyl groups is 1. The van der Waals surface area contributed by atoms with E-state index >= 15 is 0 Å². The van der Waals surface area contributed by atoms with E-state index < -0.39 is 8.07 Å². The second-order valence-electron chi connectivity index (χ2n) is 11.0. The van der Waals surface area contributed by atoms with Crippen molar-refractivity contribution in [3.63, 3.8) is 0 Å². The summed E-state index contributed by atoms with van der Waals surface area (Å²) < 4.78 is 9.66. The van der Waals surface area contributed by atoms with Gasteiger partial charge in [-0.2, -0.15) is 0 Å². The van der Waals surface area contributed by atoms with Crippen molar-refractivity contribution in [1.82, 2.24) is 14.5 Å². The fourth-order valence-corrected chi connectivity index (χ4v) is 5.96. The number of ether oxygens (including phenoxy) is 1. The summed E-state index contributed by atoms with van der Waals surface area (Å²) in [4.78, 5) is 9.47. The Labute approximate surface area is 205 Å². The van der Waals surface area contributed by atoms with E-state index in [2.05, 4.69) is 82.5 Å². The first-order chi connectivity index (χ1) is 15.5. The fraction of sp³-hybridized carbons (Fsp3) is 0.520. The summed E-state index contributed by atoms with van der Waals surface area (Å²) in [6.45, 7) is 15.0. The van der Waals surface area contributed by atoms with E-state index in [1.807, 2.05) is 13.1 Å². The van der Waals surface area contributed by atoms with Crippen LogP contribution in [-0.4, -0.2) is 47.0 Å². The Bertz CT molecular complexity index is 1170. The molecule has 0 unspecified atom stereocenters. The Balaban J connectivity index is 1.85. The number of hydrogen-bond donors (Lipinski definition) is 2. The number of para-hydroxylation sites is 1. The van der Waals surface area contributed by atoms with Gasteiger partial charge in [-0.05, 0) is 46.9 Å². The minimum Gasteiger partial charge on any atom is -0.394 e. The van der Waals surface area contributed by atoms with Crippen molar-refractivity contribution < 1.29 is 9.84 Å². The SMILES string of the molecule is C[C@@H](CO)Nc1ncc2c(n1)-c1c(n(COCC[Si](C)(C)C)c3c(Br)cccc13)C(C)(C)C2. The lowest BCUT2D eigenvalue weighted by atomic mass is 9.75. The molecule has 0 bridgehead atoms. The second-order valence-corrected chi connectivity index (χ2v) is 17.5. The van der Waals surface area contributed by atoms with E-state index in [-0.39, 0.29) is 18.1 Å². The molecule has 2 N–H and O–H groups in total. The van der Waals surface area contributed by atoms with Gasteiger partial charge in [-0.1, -0.05) is 45.6 Å². The third kappa shape index (κ3) is 4.89. The molecule has 0 saturated carbocycles. The van der Waals surface area contributed by atoms with Crippen LogP contribution in [0.5, 0.6) is 0 Å². The maximum absolute atomic E-state index is 9.45. The van der Waals surface area contributed by atoms with Crippen molar-refractivity contribution in [2.45, 2.75) is 71.1 Å². The highest BCUT2D eigenvalue weighted by Crippen LogP contribution is 2.48. The zero-order chi connectivity index (χ0) is 24.0. The first-order valence-electron chi connectivity index (χ1n) is 11.6. The van der Waals surface area contributed by atoms with Crippen molar-refractivity contribution >= 4 is 40.9 Å². The third-order valence-electron chi connectivity index (χ3n) is 6.27. The minimum atomic E-state index is -1.16. The van der Waals surface area contributed by atoms with Gasteiger partial charge >= 0.3 is 0 Å². The highest BCUT2D eigenvalue weighted by molar-refractivity contribution is 9.10. The molecule has 1 atom stereocenters. The number of rotatable bonds is 8.